The maximum absolute atomic E-state index is 12.5. The lowest BCUT2D eigenvalue weighted by atomic mass is 10.3. The van der Waals surface area contributed by atoms with E-state index in [1.165, 1.54) is 22.5 Å². The van der Waals surface area contributed by atoms with Crippen molar-refractivity contribution in [2.24, 2.45) is 0 Å². The number of hydrogen-bond donors (Lipinski definition) is 2. The highest BCUT2D eigenvalue weighted by Gasteiger charge is 2.26. The fourth-order valence-electron chi connectivity index (χ4n) is 2.80. The molecule has 2 heterocycles. The molecule has 0 saturated carbocycles. The monoisotopic (exact) mass is 419 g/mol. The summed E-state index contributed by atoms with van der Waals surface area (Å²) in [6, 6.07) is 9.84. The van der Waals surface area contributed by atoms with Gasteiger partial charge in [-0.2, -0.15) is 4.31 Å². The molecule has 0 spiro atoms. The molecule has 1 saturated heterocycles. The number of rotatable bonds is 5. The van der Waals surface area contributed by atoms with Gasteiger partial charge in [-0.05, 0) is 74.5 Å². The van der Waals surface area contributed by atoms with Crippen LogP contribution >= 0.6 is 12.2 Å². The Balaban J connectivity index is 1.55. The van der Waals surface area contributed by atoms with Crippen molar-refractivity contribution in [1.29, 1.82) is 0 Å². The third-order valence-corrected chi connectivity index (χ3v) is 6.33. The van der Waals surface area contributed by atoms with Crippen LogP contribution in [0.2, 0.25) is 0 Å². The molecule has 1 fully saturated rings. The van der Waals surface area contributed by atoms with E-state index in [1.54, 1.807) is 30.3 Å². The molecule has 0 aliphatic carbocycles. The third-order valence-electron chi connectivity index (χ3n) is 4.21. The van der Waals surface area contributed by atoms with Gasteiger partial charge in [-0.1, -0.05) is 0 Å². The van der Waals surface area contributed by atoms with Crippen LogP contribution in [0.3, 0.4) is 0 Å². The van der Waals surface area contributed by atoms with Crippen LogP contribution in [0.25, 0.3) is 6.08 Å². The second kappa shape index (κ2) is 8.68. The van der Waals surface area contributed by atoms with E-state index in [1.807, 2.05) is 6.92 Å². The van der Waals surface area contributed by atoms with Crippen molar-refractivity contribution in [3.05, 3.63) is 54.0 Å². The zero-order chi connectivity index (χ0) is 20.1. The highest BCUT2D eigenvalue weighted by molar-refractivity contribution is 7.89. The number of thiocarbonyl (C=S) groups is 1. The molecule has 2 N–H and O–H groups in total. The van der Waals surface area contributed by atoms with E-state index in [9.17, 15) is 13.2 Å². The lowest BCUT2D eigenvalue weighted by molar-refractivity contribution is -0.115. The van der Waals surface area contributed by atoms with Crippen molar-refractivity contribution in [1.82, 2.24) is 9.62 Å². The molecule has 2 aromatic rings. The number of benzene rings is 1. The predicted molar refractivity (Wildman–Crippen MR) is 111 cm³/mol. The number of hydrogen-bond acceptors (Lipinski definition) is 5. The molecule has 148 valence electrons. The summed E-state index contributed by atoms with van der Waals surface area (Å²) in [7, 11) is -3.45. The van der Waals surface area contributed by atoms with Gasteiger partial charge in [0.2, 0.25) is 15.9 Å². The van der Waals surface area contributed by atoms with E-state index in [2.05, 4.69) is 10.6 Å². The summed E-state index contributed by atoms with van der Waals surface area (Å²) in [6.45, 7) is 2.94. The molecule has 1 amide bonds. The first-order valence-corrected chi connectivity index (χ1v) is 10.7. The molecular weight excluding hydrogens is 398 g/mol. The Hall–Kier alpha value is -2.49. The predicted octanol–water partition coefficient (Wildman–Crippen LogP) is 2.90. The number of carbonyl (C=O) groups excluding carboxylic acids is 1. The van der Waals surface area contributed by atoms with Gasteiger partial charge in [0.25, 0.3) is 0 Å². The van der Waals surface area contributed by atoms with Crippen molar-refractivity contribution < 1.29 is 17.6 Å². The molecule has 28 heavy (non-hydrogen) atoms. The molecule has 0 bridgehead atoms. The summed E-state index contributed by atoms with van der Waals surface area (Å²) in [5, 5.41) is 5.49. The zero-order valence-electron chi connectivity index (χ0n) is 15.3. The topological polar surface area (TPSA) is 91.7 Å². The number of sulfonamides is 1. The molecule has 3 rings (SSSR count). The molecule has 1 aliphatic rings. The SMILES string of the molecule is Cc1ccc(/C=C/C(=O)NC(=S)Nc2ccc(S(=O)(=O)N3CCCC3)cc2)o1. The minimum absolute atomic E-state index is 0.112. The van der Waals surface area contributed by atoms with E-state index in [0.717, 1.165) is 18.6 Å². The summed E-state index contributed by atoms with van der Waals surface area (Å²) < 4.78 is 31.9. The van der Waals surface area contributed by atoms with E-state index in [4.69, 9.17) is 16.6 Å². The van der Waals surface area contributed by atoms with Gasteiger partial charge in [0, 0.05) is 24.9 Å². The average Bonchev–Trinajstić information content (AvgIpc) is 3.32. The second-order valence-corrected chi connectivity index (χ2v) is 8.71. The average molecular weight is 420 g/mol. The fraction of sp³-hybridized carbons (Fsp3) is 0.263. The minimum atomic E-state index is -3.45. The summed E-state index contributed by atoms with van der Waals surface area (Å²) in [5.74, 6) is 0.925. The lowest BCUT2D eigenvalue weighted by Gasteiger charge is -2.16. The Morgan fingerprint density at radius 2 is 1.82 bits per heavy atom. The normalized spacial score (nSPS) is 15.0. The number of anilines is 1. The van der Waals surface area contributed by atoms with Crippen molar-refractivity contribution >= 4 is 45.0 Å². The number of carbonyl (C=O) groups is 1. The maximum atomic E-state index is 12.5. The van der Waals surface area contributed by atoms with Gasteiger partial charge in [0.05, 0.1) is 4.90 Å². The Kier molecular flexibility index (Phi) is 6.28. The number of furan rings is 1. The molecule has 0 radical (unpaired) electrons. The van der Waals surface area contributed by atoms with Crippen LogP contribution in [-0.4, -0.2) is 36.8 Å². The summed E-state index contributed by atoms with van der Waals surface area (Å²) >= 11 is 5.11. The van der Waals surface area contributed by atoms with E-state index in [-0.39, 0.29) is 10.0 Å². The van der Waals surface area contributed by atoms with E-state index in [0.29, 0.717) is 24.5 Å². The quantitative estimate of drug-likeness (QED) is 0.572. The smallest absolute Gasteiger partial charge is 0.250 e. The summed E-state index contributed by atoms with van der Waals surface area (Å²) in [5.41, 5.74) is 0.580. The van der Waals surface area contributed by atoms with Gasteiger partial charge in [-0.3, -0.25) is 10.1 Å². The van der Waals surface area contributed by atoms with Crippen LogP contribution in [0.4, 0.5) is 5.69 Å². The molecule has 9 heteroatoms. The number of amides is 1. The highest BCUT2D eigenvalue weighted by atomic mass is 32.2. The van der Waals surface area contributed by atoms with Crippen LogP contribution in [0, 0.1) is 6.92 Å². The van der Waals surface area contributed by atoms with E-state index < -0.39 is 15.9 Å². The highest BCUT2D eigenvalue weighted by Crippen LogP contribution is 2.22. The summed E-state index contributed by atoms with van der Waals surface area (Å²) in [6.07, 6.45) is 4.64. The lowest BCUT2D eigenvalue weighted by Crippen LogP contribution is -2.32. The third kappa shape index (κ3) is 5.06. The summed E-state index contributed by atoms with van der Waals surface area (Å²) in [4.78, 5) is 12.1. The van der Waals surface area contributed by atoms with Gasteiger partial charge in [0.15, 0.2) is 5.11 Å². The Labute approximate surface area is 169 Å². The number of nitrogens with one attached hydrogen (secondary N) is 2. The van der Waals surface area contributed by atoms with Crippen LogP contribution in [0.15, 0.2) is 51.8 Å². The van der Waals surface area contributed by atoms with Crippen molar-refractivity contribution in [3.8, 4) is 0 Å². The van der Waals surface area contributed by atoms with Crippen LogP contribution in [-0.2, 0) is 14.8 Å². The zero-order valence-corrected chi connectivity index (χ0v) is 17.0. The van der Waals surface area contributed by atoms with Gasteiger partial charge >= 0.3 is 0 Å². The first-order valence-electron chi connectivity index (χ1n) is 8.81. The van der Waals surface area contributed by atoms with Gasteiger partial charge in [-0.15, -0.1) is 0 Å². The van der Waals surface area contributed by atoms with Crippen LogP contribution in [0.5, 0.6) is 0 Å². The first-order chi connectivity index (χ1) is 13.3. The number of aryl methyl sites for hydroxylation is 1. The number of nitrogens with zero attached hydrogens (tertiary/aromatic N) is 1. The van der Waals surface area contributed by atoms with Crippen LogP contribution in [0.1, 0.15) is 24.4 Å². The van der Waals surface area contributed by atoms with Gasteiger partial charge < -0.3 is 9.73 Å². The minimum Gasteiger partial charge on any atom is -0.462 e. The van der Waals surface area contributed by atoms with Gasteiger partial charge in [-0.25, -0.2) is 8.42 Å². The van der Waals surface area contributed by atoms with Crippen molar-refractivity contribution in [2.75, 3.05) is 18.4 Å². The molecule has 0 atom stereocenters. The maximum Gasteiger partial charge on any atom is 0.250 e. The molecule has 1 aromatic carbocycles. The van der Waals surface area contributed by atoms with Gasteiger partial charge in [0.1, 0.15) is 11.5 Å². The fourth-order valence-corrected chi connectivity index (χ4v) is 4.54. The molecule has 1 aromatic heterocycles. The van der Waals surface area contributed by atoms with E-state index >= 15 is 0 Å². The standard InChI is InChI=1S/C19H21N3O4S2/c1-14-4-7-16(26-14)8-11-18(23)21-19(27)20-15-5-9-17(10-6-15)28(24,25)22-12-2-3-13-22/h4-11H,2-3,12-13H2,1H3,(H2,20,21,23,27)/b11-8+. The Morgan fingerprint density at radius 3 is 2.43 bits per heavy atom. The Bertz CT molecular complexity index is 988. The molecule has 7 nitrogen and oxygen atoms in total. The molecule has 1 aliphatic heterocycles. The van der Waals surface area contributed by atoms with Crippen LogP contribution < -0.4 is 10.6 Å². The molecular formula is C19H21N3O4S2. The molecule has 0 unspecified atom stereocenters. The first kappa shape index (κ1) is 20.2. The van der Waals surface area contributed by atoms with Crippen molar-refractivity contribution in [2.45, 2.75) is 24.7 Å². The second-order valence-electron chi connectivity index (χ2n) is 6.36. The van der Waals surface area contributed by atoms with Crippen molar-refractivity contribution in [3.63, 3.8) is 0 Å². The Morgan fingerprint density at radius 1 is 1.14 bits per heavy atom. The largest absolute Gasteiger partial charge is 0.462 e.